The average Bonchev–Trinajstić information content (AvgIpc) is 3.43. The highest BCUT2D eigenvalue weighted by Crippen LogP contribution is 2.68. The van der Waals surface area contributed by atoms with Crippen LogP contribution in [-0.4, -0.2) is 68.1 Å². The zero-order valence-electron chi connectivity index (χ0n) is 33.7. The number of carbonyl (C=O) groups is 1. The van der Waals surface area contributed by atoms with E-state index in [9.17, 15) is 9.90 Å². The van der Waals surface area contributed by atoms with Gasteiger partial charge in [0.2, 0.25) is 5.91 Å². The summed E-state index contributed by atoms with van der Waals surface area (Å²) in [5.41, 5.74) is 2.86. The molecule has 6 rings (SSSR count). The molecular formula is C45H69NO7. The third-order valence-electron chi connectivity index (χ3n) is 14.4. The Kier molecular flexibility index (Phi) is 13.2. The summed E-state index contributed by atoms with van der Waals surface area (Å²) in [6, 6.07) is 7.29. The second-order valence-corrected chi connectivity index (χ2v) is 18.2. The lowest BCUT2D eigenvalue weighted by molar-refractivity contribution is -0.268. The number of benzene rings is 1. The smallest absolute Gasteiger partial charge is 0.217 e. The fourth-order valence-electron chi connectivity index (χ4n) is 11.8. The van der Waals surface area contributed by atoms with Gasteiger partial charge in [-0.2, -0.15) is 0 Å². The van der Waals surface area contributed by atoms with Crippen molar-refractivity contribution in [3.05, 3.63) is 54.1 Å². The molecule has 0 spiro atoms. The number of methoxy groups -OCH3 is 1. The first-order chi connectivity index (χ1) is 25.4. The zero-order valence-corrected chi connectivity index (χ0v) is 33.7. The van der Waals surface area contributed by atoms with Crippen LogP contribution in [-0.2, 0) is 30.3 Å². The van der Waals surface area contributed by atoms with Gasteiger partial charge in [-0.25, -0.2) is 0 Å². The average molecular weight is 736 g/mol. The van der Waals surface area contributed by atoms with Crippen LogP contribution in [0.3, 0.4) is 0 Å². The molecule has 8 heteroatoms. The molecule has 0 aromatic heterocycles. The number of nitrogens with one attached hydrogen (secondary N) is 1. The van der Waals surface area contributed by atoms with E-state index in [0.717, 1.165) is 43.4 Å². The standard InChI is InChI=1S/C45H69NO7/c1-9-23-50-42-39(51-26-31-13-16-34(49-8)17-14-31)27-52-43(41(42)46-30(5)47)53-38-25-37-35-18-15-32-24-33(48)19-21-44(32,6)36(35)20-22-45(37,7)40(38)29(4)12-10-11-28(2)3/h9,13-17,28-29,33,35-43,48H,1,10-12,18-27H2,2-8H3,(H,46,47)/t29-,33+,35-,36+,37+,38+,39?,40+,41?,42?,43?,44+,45+/m1/s1. The van der Waals surface area contributed by atoms with Crippen LogP contribution >= 0.6 is 0 Å². The molecule has 2 N–H and O–H groups in total. The van der Waals surface area contributed by atoms with E-state index in [1.165, 1.54) is 37.7 Å². The van der Waals surface area contributed by atoms with Crippen molar-refractivity contribution in [3.63, 3.8) is 0 Å². The SMILES string of the molecule is C=CCOC1C(OCc2ccc(OC)cc2)COC(O[C@H]2C[C@H]3[C@@H]4CC=C5C[C@@H](O)CC[C@]5(C)[C@H]4CC[C@]3(C)[C@H]2[C@H](C)CCCC(C)C)C1NC(C)=O. The van der Waals surface area contributed by atoms with Gasteiger partial charge in [0.15, 0.2) is 6.29 Å². The van der Waals surface area contributed by atoms with Crippen molar-refractivity contribution in [3.8, 4) is 5.75 Å². The van der Waals surface area contributed by atoms with Gasteiger partial charge in [-0.05, 0) is 109 Å². The molecule has 0 bridgehead atoms. The summed E-state index contributed by atoms with van der Waals surface area (Å²) in [6.07, 6.45) is 13.5. The predicted molar refractivity (Wildman–Crippen MR) is 208 cm³/mol. The van der Waals surface area contributed by atoms with Crippen molar-refractivity contribution in [2.45, 2.75) is 149 Å². The molecule has 4 aliphatic carbocycles. The number of aliphatic hydroxyl groups excluding tert-OH is 1. The second kappa shape index (κ2) is 17.3. The molecule has 1 amide bonds. The van der Waals surface area contributed by atoms with Gasteiger partial charge in [0.25, 0.3) is 0 Å². The first-order valence-corrected chi connectivity index (χ1v) is 20.8. The van der Waals surface area contributed by atoms with Crippen molar-refractivity contribution in [2.24, 2.45) is 46.3 Å². The number of aliphatic hydroxyl groups is 1. The Labute approximate surface area is 319 Å². The molecule has 4 fully saturated rings. The van der Waals surface area contributed by atoms with Crippen LogP contribution in [0.4, 0.5) is 0 Å². The van der Waals surface area contributed by atoms with Crippen molar-refractivity contribution in [1.82, 2.24) is 5.32 Å². The Hall–Kier alpha value is -2.23. The number of hydrogen-bond donors (Lipinski definition) is 2. The topological polar surface area (TPSA) is 95.5 Å². The first-order valence-electron chi connectivity index (χ1n) is 20.8. The summed E-state index contributed by atoms with van der Waals surface area (Å²) in [5, 5.41) is 13.8. The van der Waals surface area contributed by atoms with E-state index in [0.29, 0.717) is 55.3 Å². The molecule has 53 heavy (non-hydrogen) atoms. The van der Waals surface area contributed by atoms with Crippen molar-refractivity contribution >= 4 is 5.91 Å². The maximum atomic E-state index is 12.8. The highest BCUT2D eigenvalue weighted by Gasteiger charge is 2.63. The van der Waals surface area contributed by atoms with Gasteiger partial charge in [0.1, 0.15) is 24.0 Å². The molecule has 3 saturated carbocycles. The van der Waals surface area contributed by atoms with Crippen LogP contribution in [0.15, 0.2) is 48.6 Å². The normalized spacial score (nSPS) is 38.6. The molecule has 1 heterocycles. The highest BCUT2D eigenvalue weighted by atomic mass is 16.7. The first kappa shape index (κ1) is 40.4. The van der Waals surface area contributed by atoms with Crippen LogP contribution in [0, 0.1) is 46.3 Å². The molecule has 4 unspecified atom stereocenters. The molecule has 1 aromatic rings. The predicted octanol–water partition coefficient (Wildman–Crippen LogP) is 8.41. The highest BCUT2D eigenvalue weighted by molar-refractivity contribution is 5.73. The Balaban J connectivity index is 1.26. The number of hydrogen-bond acceptors (Lipinski definition) is 7. The molecule has 8 nitrogen and oxygen atoms in total. The zero-order chi connectivity index (χ0) is 37.9. The Morgan fingerprint density at radius 3 is 2.55 bits per heavy atom. The Morgan fingerprint density at radius 2 is 1.85 bits per heavy atom. The molecular weight excluding hydrogens is 666 g/mol. The van der Waals surface area contributed by atoms with E-state index in [1.807, 2.05) is 24.3 Å². The monoisotopic (exact) mass is 736 g/mol. The van der Waals surface area contributed by atoms with Gasteiger partial charge in [-0.3, -0.25) is 4.79 Å². The van der Waals surface area contributed by atoms with E-state index in [4.69, 9.17) is 23.7 Å². The molecule has 296 valence electrons. The van der Waals surface area contributed by atoms with E-state index in [1.54, 1.807) is 20.1 Å². The third-order valence-corrected chi connectivity index (χ3v) is 14.4. The lowest BCUT2D eigenvalue weighted by Crippen LogP contribution is -2.63. The van der Waals surface area contributed by atoms with Crippen molar-refractivity contribution in [1.29, 1.82) is 0 Å². The van der Waals surface area contributed by atoms with Crippen LogP contribution in [0.25, 0.3) is 0 Å². The second-order valence-electron chi connectivity index (χ2n) is 18.2. The van der Waals surface area contributed by atoms with Gasteiger partial charge in [-0.15, -0.1) is 6.58 Å². The summed E-state index contributed by atoms with van der Waals surface area (Å²) in [6.45, 7) is 18.6. The van der Waals surface area contributed by atoms with Crippen molar-refractivity contribution < 1.29 is 33.6 Å². The number of rotatable bonds is 15. The fraction of sp³-hybridized carbons (Fsp3) is 0.756. The molecule has 0 radical (unpaired) electrons. The minimum absolute atomic E-state index is 0.00207. The summed E-state index contributed by atoms with van der Waals surface area (Å²) < 4.78 is 32.1. The van der Waals surface area contributed by atoms with Crippen molar-refractivity contribution in [2.75, 3.05) is 20.3 Å². The van der Waals surface area contributed by atoms with Crippen LogP contribution in [0.1, 0.15) is 111 Å². The van der Waals surface area contributed by atoms with Crippen LogP contribution in [0.5, 0.6) is 5.75 Å². The number of fused-ring (bicyclic) bond motifs is 5. The number of ether oxygens (including phenoxy) is 5. The molecule has 1 aromatic carbocycles. The number of amides is 1. The number of allylic oxidation sites excluding steroid dienone is 1. The quantitative estimate of drug-likeness (QED) is 0.175. The van der Waals surface area contributed by atoms with Crippen LogP contribution < -0.4 is 10.1 Å². The lowest BCUT2D eigenvalue weighted by atomic mass is 9.47. The van der Waals surface area contributed by atoms with Gasteiger partial charge in [0.05, 0.1) is 39.1 Å². The van der Waals surface area contributed by atoms with Gasteiger partial charge in [-0.1, -0.05) is 83.7 Å². The van der Waals surface area contributed by atoms with E-state index < -0.39 is 24.5 Å². The summed E-state index contributed by atoms with van der Waals surface area (Å²) in [5.74, 6) is 4.00. The van der Waals surface area contributed by atoms with Gasteiger partial charge in [0, 0.05) is 6.92 Å². The minimum Gasteiger partial charge on any atom is -0.497 e. The molecule has 5 aliphatic rings. The van der Waals surface area contributed by atoms with E-state index >= 15 is 0 Å². The van der Waals surface area contributed by atoms with E-state index in [2.05, 4.69) is 52.6 Å². The number of carbonyl (C=O) groups excluding carboxylic acids is 1. The lowest BCUT2D eigenvalue weighted by Gasteiger charge is -2.58. The molecule has 13 atom stereocenters. The summed E-state index contributed by atoms with van der Waals surface area (Å²) in [4.78, 5) is 12.8. The largest absolute Gasteiger partial charge is 0.497 e. The summed E-state index contributed by atoms with van der Waals surface area (Å²) in [7, 11) is 1.66. The van der Waals surface area contributed by atoms with E-state index in [-0.39, 0.29) is 28.9 Å². The Bertz CT molecular complexity index is 1410. The van der Waals surface area contributed by atoms with Crippen LogP contribution in [0.2, 0.25) is 0 Å². The molecule has 1 aliphatic heterocycles. The maximum absolute atomic E-state index is 12.8. The minimum atomic E-state index is -0.667. The fourth-order valence-corrected chi connectivity index (χ4v) is 11.8. The maximum Gasteiger partial charge on any atom is 0.217 e. The summed E-state index contributed by atoms with van der Waals surface area (Å²) >= 11 is 0. The third kappa shape index (κ3) is 8.62. The van der Waals surface area contributed by atoms with Gasteiger partial charge < -0.3 is 34.1 Å². The van der Waals surface area contributed by atoms with Gasteiger partial charge >= 0.3 is 0 Å². The molecule has 1 saturated heterocycles. The Morgan fingerprint density at radius 1 is 1.08 bits per heavy atom.